The lowest BCUT2D eigenvalue weighted by atomic mass is 9.82. The van der Waals surface area contributed by atoms with Gasteiger partial charge in [-0.3, -0.25) is 4.79 Å². The molecule has 2 nitrogen and oxygen atoms in total. The van der Waals surface area contributed by atoms with Gasteiger partial charge in [-0.1, -0.05) is 60.7 Å². The van der Waals surface area contributed by atoms with Gasteiger partial charge in [0.25, 0.3) is 0 Å². The quantitative estimate of drug-likeness (QED) is 0.218. The third kappa shape index (κ3) is 1.87. The van der Waals surface area contributed by atoms with Gasteiger partial charge in [-0.15, -0.1) is 0 Å². The van der Waals surface area contributed by atoms with Crippen LogP contribution in [0.3, 0.4) is 0 Å². The minimum Gasteiger partial charge on any atom is -0.364 e. The normalized spacial score (nSPS) is 15.9. The van der Waals surface area contributed by atoms with Crippen molar-refractivity contribution in [2.75, 3.05) is 18.0 Å². The van der Waals surface area contributed by atoms with E-state index in [0.717, 1.165) is 13.0 Å². The highest BCUT2D eigenvalue weighted by Gasteiger charge is 2.24. The van der Waals surface area contributed by atoms with Gasteiger partial charge in [0.1, 0.15) is 0 Å². The maximum Gasteiger partial charge on any atom is 0.152 e. The molecule has 0 aromatic heterocycles. The second-order valence-corrected chi connectivity index (χ2v) is 9.20. The zero-order chi connectivity index (χ0) is 20.3. The molecule has 7 aromatic carbocycles. The molecule has 0 radical (unpaired) electrons. The van der Waals surface area contributed by atoms with E-state index >= 15 is 0 Å². The van der Waals surface area contributed by atoms with E-state index < -0.39 is 0 Å². The van der Waals surface area contributed by atoms with E-state index in [1.807, 2.05) is 0 Å². The number of ketones is 1. The second-order valence-electron chi connectivity index (χ2n) is 9.20. The predicted molar refractivity (Wildman–Crippen MR) is 131 cm³/mol. The summed E-state index contributed by atoms with van der Waals surface area (Å²) in [6.45, 7) is 1.47. The molecule has 1 saturated heterocycles. The minimum absolute atomic E-state index is 0.348. The first-order valence-electron chi connectivity index (χ1n) is 11.1. The van der Waals surface area contributed by atoms with Crippen molar-refractivity contribution in [3.05, 3.63) is 66.7 Å². The Morgan fingerprint density at radius 2 is 1.06 bits per heavy atom. The zero-order valence-electron chi connectivity index (χ0n) is 17.0. The monoisotopic (exact) mass is 397 g/mol. The van der Waals surface area contributed by atoms with Gasteiger partial charge >= 0.3 is 0 Å². The van der Waals surface area contributed by atoms with Crippen molar-refractivity contribution in [1.29, 1.82) is 0 Å². The molecule has 31 heavy (non-hydrogen) atoms. The lowest BCUT2D eigenvalue weighted by molar-refractivity contribution is -0.118. The van der Waals surface area contributed by atoms with Gasteiger partial charge in [0.05, 0.1) is 6.54 Å². The Labute approximate surface area is 178 Å². The van der Waals surface area contributed by atoms with E-state index in [0.29, 0.717) is 18.7 Å². The molecule has 0 N–H and O–H groups in total. The van der Waals surface area contributed by atoms with E-state index in [4.69, 9.17) is 0 Å². The van der Waals surface area contributed by atoms with Crippen molar-refractivity contribution in [3.8, 4) is 0 Å². The van der Waals surface area contributed by atoms with Crippen LogP contribution in [0.5, 0.6) is 0 Å². The lowest BCUT2D eigenvalue weighted by Gasteiger charge is -2.30. The molecule has 0 atom stereocenters. The summed E-state index contributed by atoms with van der Waals surface area (Å²) in [7, 11) is 0. The molecule has 2 heteroatoms. The Morgan fingerprint density at radius 3 is 1.65 bits per heavy atom. The molecular weight excluding hydrogens is 378 g/mol. The third-order valence-electron chi connectivity index (χ3n) is 7.57. The van der Waals surface area contributed by atoms with E-state index in [1.54, 1.807) is 0 Å². The van der Waals surface area contributed by atoms with E-state index in [2.05, 4.69) is 71.6 Å². The Kier molecular flexibility index (Phi) is 2.77. The third-order valence-corrected chi connectivity index (χ3v) is 7.57. The van der Waals surface area contributed by atoms with Gasteiger partial charge in [-0.2, -0.15) is 0 Å². The number of rotatable bonds is 1. The highest BCUT2D eigenvalue weighted by molar-refractivity contribution is 6.45. The van der Waals surface area contributed by atoms with Crippen LogP contribution >= 0.6 is 0 Å². The summed E-state index contributed by atoms with van der Waals surface area (Å²) in [4.78, 5) is 14.6. The fourth-order valence-electron chi connectivity index (χ4n) is 6.27. The van der Waals surface area contributed by atoms with Crippen molar-refractivity contribution >= 4 is 76.1 Å². The molecule has 0 spiro atoms. The maximum atomic E-state index is 12.3. The molecule has 0 unspecified atom stereocenters. The smallest absolute Gasteiger partial charge is 0.152 e. The van der Waals surface area contributed by atoms with Gasteiger partial charge in [0, 0.05) is 29.4 Å². The average molecular weight is 397 g/mol. The lowest BCUT2D eigenvalue weighted by Crippen LogP contribution is -2.35. The number of benzene rings is 7. The number of carbonyl (C=O) groups excluding carboxylic acids is 1. The molecule has 1 fully saturated rings. The Balaban J connectivity index is 1.69. The summed E-state index contributed by atoms with van der Waals surface area (Å²) >= 11 is 0. The number of anilines is 1. The molecule has 0 aliphatic carbocycles. The van der Waals surface area contributed by atoms with E-state index in [-0.39, 0.29) is 0 Å². The van der Waals surface area contributed by atoms with Crippen LogP contribution in [0.25, 0.3) is 64.6 Å². The molecule has 1 aliphatic heterocycles. The van der Waals surface area contributed by atoms with Crippen molar-refractivity contribution < 1.29 is 4.79 Å². The summed E-state index contributed by atoms with van der Waals surface area (Å²) in [5, 5.41) is 16.1. The molecule has 7 aromatic rings. The van der Waals surface area contributed by atoms with E-state index in [9.17, 15) is 4.79 Å². The van der Waals surface area contributed by atoms with Crippen LogP contribution in [0, 0.1) is 0 Å². The maximum absolute atomic E-state index is 12.3. The van der Waals surface area contributed by atoms with Crippen LogP contribution in [0.15, 0.2) is 66.7 Å². The summed E-state index contributed by atoms with van der Waals surface area (Å²) in [6.07, 6.45) is 1.65. The first-order valence-corrected chi connectivity index (χ1v) is 11.1. The molecule has 1 heterocycles. The van der Waals surface area contributed by atoms with Gasteiger partial charge in [0.15, 0.2) is 5.78 Å². The zero-order valence-corrected chi connectivity index (χ0v) is 17.0. The number of hydrogen-bond acceptors (Lipinski definition) is 2. The molecule has 1 aliphatic rings. The molecule has 0 saturated carbocycles. The summed E-state index contributed by atoms with van der Waals surface area (Å²) in [5.41, 5.74) is 1.21. The fraction of sp³-hybridized carbons (Fsp3) is 0.138. The minimum atomic E-state index is 0.348. The number of piperidine rings is 1. The molecule has 0 amide bonds. The predicted octanol–water partition coefficient (Wildman–Crippen LogP) is 7.09. The van der Waals surface area contributed by atoms with Gasteiger partial charge in [-0.05, 0) is 66.3 Å². The van der Waals surface area contributed by atoms with Crippen LogP contribution in [-0.4, -0.2) is 18.9 Å². The topological polar surface area (TPSA) is 20.3 Å². The average Bonchev–Trinajstić information content (AvgIpc) is 2.81. The number of Topliss-reactive ketones (excluding diaryl/α,β-unsaturated/α-hetero) is 1. The highest BCUT2D eigenvalue weighted by Crippen LogP contribution is 2.50. The largest absolute Gasteiger partial charge is 0.364 e. The van der Waals surface area contributed by atoms with Crippen molar-refractivity contribution in [1.82, 2.24) is 0 Å². The number of nitrogens with zero attached hydrogens (tertiary/aromatic N) is 1. The molecule has 8 rings (SSSR count). The SMILES string of the molecule is O=C1CCCN(c2cc3ccc4ccc5ccc6ccc7ccc2c2c7c6c5c4c32)C1. The van der Waals surface area contributed by atoms with Crippen LogP contribution in [0.2, 0.25) is 0 Å². The van der Waals surface area contributed by atoms with Crippen LogP contribution in [0.4, 0.5) is 5.69 Å². The van der Waals surface area contributed by atoms with Gasteiger partial charge < -0.3 is 4.90 Å². The van der Waals surface area contributed by atoms with Crippen molar-refractivity contribution in [2.45, 2.75) is 12.8 Å². The van der Waals surface area contributed by atoms with Crippen LogP contribution < -0.4 is 4.90 Å². The first kappa shape index (κ1) is 16.1. The van der Waals surface area contributed by atoms with Crippen molar-refractivity contribution in [2.24, 2.45) is 0 Å². The summed E-state index contributed by atoms with van der Waals surface area (Å²) in [5.74, 6) is 0.348. The Hall–Kier alpha value is -3.65. The van der Waals surface area contributed by atoms with Gasteiger partial charge in [-0.25, -0.2) is 0 Å². The van der Waals surface area contributed by atoms with Crippen LogP contribution in [-0.2, 0) is 4.79 Å². The molecular formula is C29H19NO. The first-order chi connectivity index (χ1) is 15.3. The second kappa shape index (κ2) is 5.33. The number of carbonyl (C=O) groups is 1. The van der Waals surface area contributed by atoms with Crippen molar-refractivity contribution in [3.63, 3.8) is 0 Å². The molecule has 146 valence electrons. The molecule has 0 bridgehead atoms. The van der Waals surface area contributed by atoms with Crippen LogP contribution in [0.1, 0.15) is 12.8 Å². The number of hydrogen-bond donors (Lipinski definition) is 0. The Morgan fingerprint density at radius 1 is 0.581 bits per heavy atom. The Bertz CT molecular complexity index is 1750. The summed E-state index contributed by atoms with van der Waals surface area (Å²) in [6, 6.07) is 25.0. The fourth-order valence-corrected chi connectivity index (χ4v) is 6.27. The van der Waals surface area contributed by atoms with E-state index in [1.165, 1.54) is 70.3 Å². The highest BCUT2D eigenvalue weighted by atomic mass is 16.1. The van der Waals surface area contributed by atoms with Gasteiger partial charge in [0.2, 0.25) is 0 Å². The standard InChI is InChI=1S/C29H19NO/c31-21-2-1-13-30(15-21)23-14-20-10-9-18-6-4-16-3-5-17-7-8-19-11-12-22(23)29-27(19)25(17)24(16)26(18)28(20)29/h3-12,14H,1-2,13,15H2. The summed E-state index contributed by atoms with van der Waals surface area (Å²) < 4.78 is 0.